The minimum atomic E-state index is -3.94. The fourth-order valence-corrected chi connectivity index (χ4v) is 4.87. The first-order chi connectivity index (χ1) is 17.2. The normalized spacial score (nSPS) is 12.6. The summed E-state index contributed by atoms with van der Waals surface area (Å²) < 4.78 is 43.1. The smallest absolute Gasteiger partial charge is 0.269 e. The number of aromatic nitrogens is 7. The van der Waals surface area contributed by atoms with E-state index in [-0.39, 0.29) is 16.5 Å². The van der Waals surface area contributed by atoms with Crippen LogP contribution in [0.4, 0.5) is 22.0 Å². The van der Waals surface area contributed by atoms with Gasteiger partial charge in [0.2, 0.25) is 5.95 Å². The van der Waals surface area contributed by atoms with Crippen LogP contribution in [0, 0.1) is 12.7 Å². The maximum atomic E-state index is 13.5. The summed E-state index contributed by atoms with van der Waals surface area (Å²) in [4.78, 5) is 21.4. The Kier molecular flexibility index (Phi) is 5.84. The third kappa shape index (κ3) is 4.47. The monoisotopic (exact) mass is 507 g/mol. The highest BCUT2D eigenvalue weighted by atomic mass is 32.2. The molecule has 1 aromatic carbocycles. The van der Waals surface area contributed by atoms with Crippen molar-refractivity contribution < 1.29 is 12.8 Å². The molecule has 0 radical (unpaired) electrons. The quantitative estimate of drug-likeness (QED) is 0.339. The van der Waals surface area contributed by atoms with Crippen LogP contribution in [0.25, 0.3) is 11.0 Å². The van der Waals surface area contributed by atoms with Gasteiger partial charge in [0.25, 0.3) is 10.0 Å². The Labute approximate surface area is 206 Å². The molecule has 0 amide bonds. The fourth-order valence-electron chi connectivity index (χ4n) is 3.57. The number of nitrogens with zero attached hydrogens (tertiary/aromatic N) is 7. The minimum Gasteiger partial charge on any atom is -0.344 e. The molecule has 184 valence electrons. The maximum Gasteiger partial charge on any atom is 0.269 e. The molecule has 4 aromatic heterocycles. The summed E-state index contributed by atoms with van der Waals surface area (Å²) in [7, 11) is -2.11. The number of aryl methyl sites for hydroxylation is 2. The maximum absolute atomic E-state index is 13.5. The van der Waals surface area contributed by atoms with E-state index in [4.69, 9.17) is 0 Å². The van der Waals surface area contributed by atoms with Crippen LogP contribution < -0.4 is 10.6 Å². The van der Waals surface area contributed by atoms with E-state index in [2.05, 4.69) is 35.6 Å². The van der Waals surface area contributed by atoms with Crippen LogP contribution in [0.5, 0.6) is 0 Å². The Hall–Kier alpha value is -4.39. The van der Waals surface area contributed by atoms with E-state index in [1.165, 1.54) is 6.20 Å². The summed E-state index contributed by atoms with van der Waals surface area (Å²) in [6.07, 6.45) is 6.96. The molecule has 0 fully saturated rings. The minimum absolute atomic E-state index is 0.125. The Bertz CT molecular complexity index is 1650. The molecular weight excluding hydrogens is 485 g/mol. The molecule has 0 unspecified atom stereocenters. The molecular formula is C23H22FN9O2S. The van der Waals surface area contributed by atoms with Gasteiger partial charge in [0.1, 0.15) is 17.5 Å². The van der Waals surface area contributed by atoms with Crippen LogP contribution in [0.2, 0.25) is 0 Å². The molecule has 0 saturated heterocycles. The van der Waals surface area contributed by atoms with Crippen molar-refractivity contribution >= 4 is 38.6 Å². The van der Waals surface area contributed by atoms with Gasteiger partial charge in [-0.15, -0.1) is 0 Å². The summed E-state index contributed by atoms with van der Waals surface area (Å²) in [5.41, 5.74) is 1.11. The number of fused-ring (bicyclic) bond motifs is 1. The molecule has 13 heteroatoms. The molecule has 0 aliphatic carbocycles. The fraction of sp³-hybridized carbons (Fsp3) is 0.174. The topological polar surface area (TPSA) is 133 Å². The number of rotatable bonds is 7. The molecule has 11 nitrogen and oxygen atoms in total. The molecule has 2 N–H and O–H groups in total. The lowest BCUT2D eigenvalue weighted by Crippen LogP contribution is -2.16. The van der Waals surface area contributed by atoms with Crippen molar-refractivity contribution in [1.82, 2.24) is 33.5 Å². The van der Waals surface area contributed by atoms with Gasteiger partial charge >= 0.3 is 0 Å². The zero-order valence-corrected chi connectivity index (χ0v) is 20.4. The lowest BCUT2D eigenvalue weighted by atomic mass is 10.2. The van der Waals surface area contributed by atoms with E-state index in [1.54, 1.807) is 54.3 Å². The second-order valence-electron chi connectivity index (χ2n) is 8.24. The number of anilines is 3. The molecule has 36 heavy (non-hydrogen) atoms. The van der Waals surface area contributed by atoms with E-state index in [0.717, 1.165) is 21.9 Å². The molecule has 0 saturated carbocycles. The number of hydrogen-bond acceptors (Lipinski definition) is 9. The summed E-state index contributed by atoms with van der Waals surface area (Å²) in [6.45, 7) is 3.64. The van der Waals surface area contributed by atoms with Gasteiger partial charge in [-0.1, -0.05) is 17.7 Å². The summed E-state index contributed by atoms with van der Waals surface area (Å²) in [5.74, 6) is 0.769. The van der Waals surface area contributed by atoms with Gasteiger partial charge in [-0.3, -0.25) is 0 Å². The van der Waals surface area contributed by atoms with Gasteiger partial charge < -0.3 is 15.2 Å². The van der Waals surface area contributed by atoms with E-state index >= 15 is 0 Å². The van der Waals surface area contributed by atoms with Crippen LogP contribution in [0.1, 0.15) is 24.4 Å². The second-order valence-corrected chi connectivity index (χ2v) is 10.1. The van der Waals surface area contributed by atoms with E-state index in [0.29, 0.717) is 22.8 Å². The average molecular weight is 508 g/mol. The SMILES string of the molecule is Cc1ccc(S(=O)(=O)n2ccc3c(Nc4cn(C)cn4)nc(N[C@H](C)c4ncc(F)cn4)nc32)cc1. The zero-order valence-electron chi connectivity index (χ0n) is 19.6. The molecule has 5 rings (SSSR count). The van der Waals surface area contributed by atoms with Crippen molar-refractivity contribution in [2.45, 2.75) is 24.8 Å². The number of nitrogens with one attached hydrogen (secondary N) is 2. The largest absolute Gasteiger partial charge is 0.344 e. The molecule has 1 atom stereocenters. The van der Waals surface area contributed by atoms with E-state index in [1.807, 2.05) is 14.0 Å². The molecule has 0 aliphatic rings. The Morgan fingerprint density at radius 2 is 1.75 bits per heavy atom. The van der Waals surface area contributed by atoms with Gasteiger partial charge in [-0.25, -0.2) is 31.7 Å². The first-order valence-corrected chi connectivity index (χ1v) is 12.3. The number of halogens is 1. The first kappa shape index (κ1) is 23.4. The van der Waals surface area contributed by atoms with Crippen LogP contribution in [0.3, 0.4) is 0 Å². The van der Waals surface area contributed by atoms with Crippen molar-refractivity contribution in [3.63, 3.8) is 0 Å². The van der Waals surface area contributed by atoms with Crippen LogP contribution >= 0.6 is 0 Å². The van der Waals surface area contributed by atoms with Crippen molar-refractivity contribution in [2.75, 3.05) is 10.6 Å². The molecule has 0 spiro atoms. The molecule has 0 bridgehead atoms. The van der Waals surface area contributed by atoms with Gasteiger partial charge in [0.05, 0.1) is 35.0 Å². The predicted octanol–water partition coefficient (Wildman–Crippen LogP) is 3.56. The van der Waals surface area contributed by atoms with Gasteiger partial charge in [-0.2, -0.15) is 9.97 Å². The number of benzene rings is 1. The third-order valence-corrected chi connectivity index (χ3v) is 7.09. The van der Waals surface area contributed by atoms with Gasteiger partial charge in [-0.05, 0) is 32.0 Å². The third-order valence-electron chi connectivity index (χ3n) is 5.41. The standard InChI is InChI=1S/C23H22FN9O2S/c1-14-4-6-17(7-5-14)36(34,35)33-9-8-18-21(29-19-12-32(3)13-27-19)30-23(31-22(18)33)28-15(2)20-25-10-16(24)11-26-20/h4-13,15H,1-3H3,(H2,28,29,30,31)/t15-/m1/s1. The van der Waals surface area contributed by atoms with Crippen molar-refractivity contribution in [3.8, 4) is 0 Å². The van der Waals surface area contributed by atoms with Crippen molar-refractivity contribution in [2.24, 2.45) is 7.05 Å². The summed E-state index contributed by atoms with van der Waals surface area (Å²) in [6, 6.07) is 7.71. The summed E-state index contributed by atoms with van der Waals surface area (Å²) in [5, 5.41) is 6.68. The average Bonchev–Trinajstić information content (AvgIpc) is 3.46. The highest BCUT2D eigenvalue weighted by molar-refractivity contribution is 7.90. The second kappa shape index (κ2) is 9.00. The van der Waals surface area contributed by atoms with Crippen LogP contribution in [-0.2, 0) is 17.1 Å². The highest BCUT2D eigenvalue weighted by Gasteiger charge is 2.23. The van der Waals surface area contributed by atoms with E-state index < -0.39 is 21.9 Å². The molecule has 5 aromatic rings. The van der Waals surface area contributed by atoms with Crippen LogP contribution in [-0.4, -0.2) is 41.9 Å². The Morgan fingerprint density at radius 1 is 1.03 bits per heavy atom. The Morgan fingerprint density at radius 3 is 2.42 bits per heavy atom. The number of imidazole rings is 1. The van der Waals surface area contributed by atoms with Crippen LogP contribution in [0.15, 0.2) is 66.3 Å². The summed E-state index contributed by atoms with van der Waals surface area (Å²) >= 11 is 0. The first-order valence-electron chi connectivity index (χ1n) is 10.9. The van der Waals surface area contributed by atoms with Gasteiger partial charge in [0.15, 0.2) is 11.5 Å². The number of hydrogen-bond donors (Lipinski definition) is 2. The highest BCUT2D eigenvalue weighted by Crippen LogP contribution is 2.29. The molecule has 0 aliphatic heterocycles. The van der Waals surface area contributed by atoms with Crippen molar-refractivity contribution in [3.05, 3.63) is 78.7 Å². The van der Waals surface area contributed by atoms with E-state index in [9.17, 15) is 12.8 Å². The zero-order chi connectivity index (χ0) is 25.4. The molecule has 4 heterocycles. The van der Waals surface area contributed by atoms with Gasteiger partial charge in [0, 0.05) is 19.4 Å². The van der Waals surface area contributed by atoms with Crippen molar-refractivity contribution in [1.29, 1.82) is 0 Å². The lowest BCUT2D eigenvalue weighted by Gasteiger charge is -2.15. The Balaban J connectivity index is 1.61. The predicted molar refractivity (Wildman–Crippen MR) is 132 cm³/mol. The lowest BCUT2D eigenvalue weighted by molar-refractivity contribution is 0.588.